The van der Waals surface area contributed by atoms with Gasteiger partial charge < -0.3 is 4.98 Å². The lowest BCUT2D eigenvalue weighted by molar-refractivity contribution is 1.53. The lowest BCUT2D eigenvalue weighted by Crippen LogP contribution is -1.91. The number of para-hydroxylation sites is 1. The Labute approximate surface area is 262 Å². The van der Waals surface area contributed by atoms with E-state index in [1.807, 2.05) is 0 Å². The molecule has 210 valence electrons. The van der Waals surface area contributed by atoms with E-state index >= 15 is 0 Å². The van der Waals surface area contributed by atoms with Gasteiger partial charge in [-0.25, -0.2) is 0 Å². The van der Waals surface area contributed by atoms with Gasteiger partial charge in [-0.3, -0.25) is 0 Å². The predicted octanol–water partition coefficient (Wildman–Crippen LogP) is 12.3. The molecule has 8 aromatic carbocycles. The maximum absolute atomic E-state index is 3.70. The molecule has 1 N–H and O–H groups in total. The fourth-order valence-electron chi connectivity index (χ4n) is 7.15. The van der Waals surface area contributed by atoms with Crippen molar-refractivity contribution in [3.05, 3.63) is 170 Å². The molecule has 0 aliphatic rings. The third-order valence-corrected chi connectivity index (χ3v) is 9.20. The lowest BCUT2D eigenvalue weighted by atomic mass is 9.85. The molecule has 1 aromatic heterocycles. The van der Waals surface area contributed by atoms with Gasteiger partial charge >= 0.3 is 0 Å². The molecule has 0 unspecified atom stereocenters. The van der Waals surface area contributed by atoms with Gasteiger partial charge in [0, 0.05) is 21.9 Å². The van der Waals surface area contributed by atoms with Crippen LogP contribution in [0.2, 0.25) is 0 Å². The lowest BCUT2D eigenvalue weighted by Gasteiger charge is -2.18. The third-order valence-electron chi connectivity index (χ3n) is 9.20. The van der Waals surface area contributed by atoms with Gasteiger partial charge in [0.2, 0.25) is 0 Å². The van der Waals surface area contributed by atoms with Crippen LogP contribution in [0.1, 0.15) is 0 Å². The Balaban J connectivity index is 1.24. The summed E-state index contributed by atoms with van der Waals surface area (Å²) in [6, 6.07) is 61.6. The van der Waals surface area contributed by atoms with Crippen LogP contribution in [0.4, 0.5) is 0 Å². The quantitative estimate of drug-likeness (QED) is 0.202. The number of benzene rings is 8. The summed E-state index contributed by atoms with van der Waals surface area (Å²) in [5, 5.41) is 7.60. The molecule has 1 nitrogen and oxygen atoms in total. The number of nitrogens with one attached hydrogen (secondary N) is 1. The van der Waals surface area contributed by atoms with E-state index in [0.29, 0.717) is 0 Å². The van der Waals surface area contributed by atoms with Gasteiger partial charge in [0.1, 0.15) is 0 Å². The first-order valence-electron chi connectivity index (χ1n) is 15.5. The van der Waals surface area contributed by atoms with Crippen molar-refractivity contribution in [2.45, 2.75) is 0 Å². The van der Waals surface area contributed by atoms with Gasteiger partial charge in [-0.2, -0.15) is 0 Å². The van der Waals surface area contributed by atoms with Crippen molar-refractivity contribution >= 4 is 43.4 Å². The molecule has 0 radical (unpaired) electrons. The van der Waals surface area contributed by atoms with Gasteiger partial charge in [-0.05, 0) is 78.7 Å². The van der Waals surface area contributed by atoms with Crippen LogP contribution in [-0.4, -0.2) is 4.98 Å². The van der Waals surface area contributed by atoms with Gasteiger partial charge in [0.25, 0.3) is 0 Å². The Hall–Kier alpha value is -5.92. The fourth-order valence-corrected chi connectivity index (χ4v) is 7.15. The number of rotatable bonds is 4. The van der Waals surface area contributed by atoms with Crippen molar-refractivity contribution in [2.24, 2.45) is 0 Å². The van der Waals surface area contributed by atoms with E-state index in [1.165, 1.54) is 82.3 Å². The van der Waals surface area contributed by atoms with Crippen LogP contribution in [0.25, 0.3) is 87.9 Å². The Morgan fingerprint density at radius 2 is 0.733 bits per heavy atom. The van der Waals surface area contributed by atoms with E-state index in [9.17, 15) is 0 Å². The predicted molar refractivity (Wildman–Crippen MR) is 193 cm³/mol. The van der Waals surface area contributed by atoms with E-state index < -0.39 is 0 Å². The van der Waals surface area contributed by atoms with E-state index in [1.54, 1.807) is 0 Å². The van der Waals surface area contributed by atoms with Crippen molar-refractivity contribution in [3.63, 3.8) is 0 Å². The van der Waals surface area contributed by atoms with Crippen LogP contribution in [0, 0.1) is 0 Å². The first kappa shape index (κ1) is 25.6. The summed E-state index contributed by atoms with van der Waals surface area (Å²) >= 11 is 0. The highest BCUT2D eigenvalue weighted by atomic mass is 14.7. The molecular weight excluding hydrogens is 542 g/mol. The van der Waals surface area contributed by atoms with Crippen molar-refractivity contribution in [1.82, 2.24) is 4.98 Å². The Morgan fingerprint density at radius 1 is 0.289 bits per heavy atom. The largest absolute Gasteiger partial charge is 0.354 e. The minimum Gasteiger partial charge on any atom is -0.354 e. The number of hydrogen-bond donors (Lipinski definition) is 1. The first-order valence-corrected chi connectivity index (χ1v) is 15.5. The topological polar surface area (TPSA) is 15.8 Å². The molecule has 0 saturated heterocycles. The van der Waals surface area contributed by atoms with Crippen LogP contribution in [0.15, 0.2) is 170 Å². The highest BCUT2D eigenvalue weighted by molar-refractivity contribution is 6.21. The summed E-state index contributed by atoms with van der Waals surface area (Å²) in [5.74, 6) is 0. The zero-order valence-corrected chi connectivity index (χ0v) is 24.7. The second-order valence-corrected chi connectivity index (χ2v) is 11.8. The van der Waals surface area contributed by atoms with Crippen LogP contribution in [0.5, 0.6) is 0 Å². The SMILES string of the molecule is c1ccc(-c2c3ccccc3c(-c3ccc(-c4cc(-c5ccccc5)c5[nH]c6ccccc6c5c4)cc3)c3ccccc23)cc1. The van der Waals surface area contributed by atoms with E-state index in [4.69, 9.17) is 0 Å². The smallest absolute Gasteiger partial charge is 0.0544 e. The molecule has 0 fully saturated rings. The maximum atomic E-state index is 3.70. The monoisotopic (exact) mass is 571 g/mol. The molecule has 0 atom stereocenters. The summed E-state index contributed by atoms with van der Waals surface area (Å²) in [4.78, 5) is 3.70. The Morgan fingerprint density at radius 3 is 1.31 bits per heavy atom. The highest BCUT2D eigenvalue weighted by Gasteiger charge is 2.17. The number of fused-ring (bicyclic) bond motifs is 5. The van der Waals surface area contributed by atoms with Gasteiger partial charge in [-0.15, -0.1) is 0 Å². The number of aromatic amines is 1. The standard InChI is InChI=1S/C44H29N/c1-3-13-30(14-4-1)39-27-33(28-40-34-17-11-12-22-41(34)45-44(39)40)29-23-25-32(26-24-29)43-37-20-9-7-18-35(37)42(31-15-5-2-6-16-31)36-19-8-10-21-38(36)43/h1-28,45H. The zero-order chi connectivity index (χ0) is 29.7. The van der Waals surface area contributed by atoms with Crippen LogP contribution in [-0.2, 0) is 0 Å². The van der Waals surface area contributed by atoms with Gasteiger partial charge in [0.15, 0.2) is 0 Å². The molecule has 0 bridgehead atoms. The summed E-state index contributed by atoms with van der Waals surface area (Å²) in [6.07, 6.45) is 0. The maximum Gasteiger partial charge on any atom is 0.0544 e. The average molecular weight is 572 g/mol. The summed E-state index contributed by atoms with van der Waals surface area (Å²) < 4.78 is 0. The molecule has 9 rings (SSSR count). The van der Waals surface area contributed by atoms with Gasteiger partial charge in [-0.1, -0.05) is 152 Å². The van der Waals surface area contributed by atoms with Gasteiger partial charge in [0.05, 0.1) is 5.52 Å². The molecular formula is C44H29N. The molecule has 0 saturated carbocycles. The van der Waals surface area contributed by atoms with Crippen LogP contribution in [0.3, 0.4) is 0 Å². The zero-order valence-electron chi connectivity index (χ0n) is 24.7. The van der Waals surface area contributed by atoms with E-state index in [2.05, 4.69) is 175 Å². The average Bonchev–Trinajstić information content (AvgIpc) is 3.50. The Bertz CT molecular complexity index is 2450. The van der Waals surface area contributed by atoms with E-state index in [0.717, 1.165) is 5.52 Å². The minimum absolute atomic E-state index is 1.16. The number of hydrogen-bond acceptors (Lipinski definition) is 0. The molecule has 1 heterocycles. The normalized spacial score (nSPS) is 11.6. The van der Waals surface area contributed by atoms with Crippen molar-refractivity contribution < 1.29 is 0 Å². The number of H-pyrrole nitrogens is 1. The minimum atomic E-state index is 1.16. The molecule has 0 amide bonds. The Kier molecular flexibility index (Phi) is 5.89. The van der Waals surface area contributed by atoms with Crippen LogP contribution >= 0.6 is 0 Å². The second kappa shape index (κ2) is 10.4. The molecule has 45 heavy (non-hydrogen) atoms. The van der Waals surface area contributed by atoms with Crippen LogP contribution < -0.4 is 0 Å². The highest BCUT2D eigenvalue weighted by Crippen LogP contribution is 2.44. The molecule has 0 aliphatic carbocycles. The first-order chi connectivity index (χ1) is 22.3. The summed E-state index contributed by atoms with van der Waals surface area (Å²) in [7, 11) is 0. The van der Waals surface area contributed by atoms with E-state index in [-0.39, 0.29) is 0 Å². The third kappa shape index (κ3) is 4.17. The summed E-state index contributed by atoms with van der Waals surface area (Å²) in [5.41, 5.74) is 12.2. The molecule has 1 heteroatoms. The van der Waals surface area contributed by atoms with Crippen molar-refractivity contribution in [1.29, 1.82) is 0 Å². The van der Waals surface area contributed by atoms with Crippen molar-refractivity contribution in [2.75, 3.05) is 0 Å². The number of aromatic nitrogens is 1. The fraction of sp³-hybridized carbons (Fsp3) is 0. The molecule has 9 aromatic rings. The molecule has 0 spiro atoms. The second-order valence-electron chi connectivity index (χ2n) is 11.8. The van der Waals surface area contributed by atoms with Crippen molar-refractivity contribution in [3.8, 4) is 44.5 Å². The summed E-state index contributed by atoms with van der Waals surface area (Å²) in [6.45, 7) is 0. The molecule has 0 aliphatic heterocycles.